The summed E-state index contributed by atoms with van der Waals surface area (Å²) < 4.78 is 19.2. The number of ether oxygens (including phenoxy) is 1. The Bertz CT molecular complexity index is 675. The van der Waals surface area contributed by atoms with Gasteiger partial charge in [0.2, 0.25) is 0 Å². The molecule has 1 N–H and O–H groups in total. The maximum absolute atomic E-state index is 13.6. The lowest BCUT2D eigenvalue weighted by molar-refractivity contribution is 0.156. The molecule has 0 bridgehead atoms. The summed E-state index contributed by atoms with van der Waals surface area (Å²) in [6, 6.07) is 4.79. The maximum Gasteiger partial charge on any atom is 0.250 e. The molecule has 2 aromatic rings. The maximum atomic E-state index is 13.6. The Morgan fingerprint density at radius 3 is 2.83 bits per heavy atom. The minimum Gasteiger partial charge on any atom is -0.472 e. The molecule has 0 unspecified atom stereocenters. The van der Waals surface area contributed by atoms with Crippen LogP contribution in [0.3, 0.4) is 0 Å². The van der Waals surface area contributed by atoms with Gasteiger partial charge >= 0.3 is 0 Å². The summed E-state index contributed by atoms with van der Waals surface area (Å²) in [6.07, 6.45) is 2.98. The summed E-state index contributed by atoms with van der Waals surface area (Å²) in [5, 5.41) is 9.21. The molecule has 3 rings (SSSR count). The third-order valence-corrected chi connectivity index (χ3v) is 3.80. The number of aliphatic hydroxyl groups is 1. The summed E-state index contributed by atoms with van der Waals surface area (Å²) in [6.45, 7) is 3.21. The predicted molar refractivity (Wildman–Crippen MR) is 82.7 cm³/mol. The first kappa shape index (κ1) is 15.6. The quantitative estimate of drug-likeness (QED) is 0.928. The molecule has 1 saturated heterocycles. The minimum absolute atomic E-state index is 0.0594. The predicted octanol–water partition coefficient (Wildman–Crippen LogP) is 1.86. The molecule has 1 aliphatic rings. The molecule has 3 heterocycles. The van der Waals surface area contributed by atoms with Gasteiger partial charge in [0, 0.05) is 43.9 Å². The molecule has 0 saturated carbocycles. The van der Waals surface area contributed by atoms with E-state index in [1.165, 1.54) is 12.3 Å². The Morgan fingerprint density at radius 2 is 2.13 bits per heavy atom. The van der Waals surface area contributed by atoms with E-state index in [1.807, 2.05) is 13.0 Å². The van der Waals surface area contributed by atoms with Crippen molar-refractivity contribution in [2.24, 2.45) is 0 Å². The molecular formula is C16H19FN4O2. The third-order valence-electron chi connectivity index (χ3n) is 3.80. The molecule has 1 fully saturated rings. The van der Waals surface area contributed by atoms with Crippen molar-refractivity contribution in [3.8, 4) is 5.88 Å². The fourth-order valence-corrected chi connectivity index (χ4v) is 2.66. The van der Waals surface area contributed by atoms with Crippen LogP contribution in [-0.4, -0.2) is 39.3 Å². The molecule has 1 aliphatic heterocycles. The van der Waals surface area contributed by atoms with Gasteiger partial charge in [-0.3, -0.25) is 0 Å². The van der Waals surface area contributed by atoms with Crippen LogP contribution < -0.4 is 9.64 Å². The highest BCUT2D eigenvalue weighted by Crippen LogP contribution is 2.22. The summed E-state index contributed by atoms with van der Waals surface area (Å²) >= 11 is 0. The average Bonchev–Trinajstić information content (AvgIpc) is 2.57. The lowest BCUT2D eigenvalue weighted by atomic mass is 10.1. The smallest absolute Gasteiger partial charge is 0.250 e. The van der Waals surface area contributed by atoms with Crippen molar-refractivity contribution in [1.29, 1.82) is 0 Å². The number of nitrogens with zero attached hydrogens (tertiary/aromatic N) is 4. The molecule has 7 heteroatoms. The number of aromatic nitrogens is 3. The van der Waals surface area contributed by atoms with Gasteiger partial charge in [-0.25, -0.2) is 19.3 Å². The van der Waals surface area contributed by atoms with E-state index < -0.39 is 5.82 Å². The molecule has 0 amide bonds. The van der Waals surface area contributed by atoms with Gasteiger partial charge in [-0.05, 0) is 19.1 Å². The Labute approximate surface area is 134 Å². The topological polar surface area (TPSA) is 71.4 Å². The zero-order valence-electron chi connectivity index (χ0n) is 12.9. The van der Waals surface area contributed by atoms with Crippen LogP contribution in [0.15, 0.2) is 24.4 Å². The van der Waals surface area contributed by atoms with Crippen LogP contribution in [-0.2, 0) is 6.61 Å². The number of aryl methyl sites for hydroxylation is 1. The van der Waals surface area contributed by atoms with E-state index in [4.69, 9.17) is 4.74 Å². The van der Waals surface area contributed by atoms with Gasteiger partial charge in [0.05, 0.1) is 0 Å². The van der Waals surface area contributed by atoms with Crippen LogP contribution in [0, 0.1) is 12.7 Å². The third kappa shape index (κ3) is 3.73. The monoisotopic (exact) mass is 318 g/mol. The number of rotatable bonds is 4. The average molecular weight is 318 g/mol. The molecule has 6 nitrogen and oxygen atoms in total. The van der Waals surface area contributed by atoms with Crippen molar-refractivity contribution in [2.45, 2.75) is 32.5 Å². The normalized spacial score (nSPS) is 15.7. The second-order valence-electron chi connectivity index (χ2n) is 5.54. The largest absolute Gasteiger partial charge is 0.472 e. The van der Waals surface area contributed by atoms with Crippen LogP contribution in [0.1, 0.15) is 24.4 Å². The van der Waals surface area contributed by atoms with E-state index in [9.17, 15) is 9.50 Å². The van der Waals surface area contributed by atoms with E-state index in [0.29, 0.717) is 5.82 Å². The van der Waals surface area contributed by atoms with Crippen LogP contribution in [0.2, 0.25) is 0 Å². The van der Waals surface area contributed by atoms with Gasteiger partial charge in [0.15, 0.2) is 11.6 Å². The first-order valence-corrected chi connectivity index (χ1v) is 7.63. The molecule has 122 valence electrons. The summed E-state index contributed by atoms with van der Waals surface area (Å²) in [5.74, 6) is 0.860. The Balaban J connectivity index is 1.62. The highest BCUT2D eigenvalue weighted by Gasteiger charge is 2.23. The molecule has 0 atom stereocenters. The van der Waals surface area contributed by atoms with Crippen molar-refractivity contribution in [2.75, 3.05) is 18.0 Å². The van der Waals surface area contributed by atoms with Crippen LogP contribution in [0.5, 0.6) is 5.88 Å². The first-order valence-electron chi connectivity index (χ1n) is 7.63. The van der Waals surface area contributed by atoms with Gasteiger partial charge in [-0.2, -0.15) is 0 Å². The standard InChI is InChI=1S/C16H19FN4O2/c1-11-9-15(20-14(10-22)19-11)21-7-4-12(5-8-21)23-16-13(17)3-2-6-18-16/h2-3,6,9,12,22H,4-5,7-8,10H2,1H3. The van der Waals surface area contributed by atoms with Crippen molar-refractivity contribution in [3.63, 3.8) is 0 Å². The highest BCUT2D eigenvalue weighted by atomic mass is 19.1. The first-order chi connectivity index (χ1) is 11.2. The summed E-state index contributed by atoms with van der Waals surface area (Å²) in [5.41, 5.74) is 0.827. The van der Waals surface area contributed by atoms with Crippen molar-refractivity contribution in [1.82, 2.24) is 15.0 Å². The van der Waals surface area contributed by atoms with E-state index in [2.05, 4.69) is 19.9 Å². The molecule has 23 heavy (non-hydrogen) atoms. The number of pyridine rings is 1. The lowest BCUT2D eigenvalue weighted by Crippen LogP contribution is -2.39. The SMILES string of the molecule is Cc1cc(N2CCC(Oc3ncccc3F)CC2)nc(CO)n1. The molecule has 0 aliphatic carbocycles. The van der Waals surface area contributed by atoms with E-state index in [0.717, 1.165) is 37.4 Å². The van der Waals surface area contributed by atoms with Crippen molar-refractivity contribution < 1.29 is 14.2 Å². The van der Waals surface area contributed by atoms with Gasteiger partial charge in [0.25, 0.3) is 5.88 Å². The van der Waals surface area contributed by atoms with E-state index >= 15 is 0 Å². The number of anilines is 1. The fourth-order valence-electron chi connectivity index (χ4n) is 2.66. The van der Waals surface area contributed by atoms with Crippen LogP contribution >= 0.6 is 0 Å². The molecule has 0 spiro atoms. The molecule has 0 radical (unpaired) electrons. The number of halogens is 1. The summed E-state index contributed by atoms with van der Waals surface area (Å²) in [7, 11) is 0. The summed E-state index contributed by atoms with van der Waals surface area (Å²) in [4.78, 5) is 14.6. The zero-order chi connectivity index (χ0) is 16.2. The highest BCUT2D eigenvalue weighted by molar-refractivity contribution is 5.40. The van der Waals surface area contributed by atoms with Crippen molar-refractivity contribution >= 4 is 5.82 Å². The Kier molecular flexibility index (Phi) is 4.66. The van der Waals surface area contributed by atoms with E-state index in [1.54, 1.807) is 6.07 Å². The van der Waals surface area contributed by atoms with Gasteiger partial charge in [-0.15, -0.1) is 0 Å². The van der Waals surface area contributed by atoms with Crippen molar-refractivity contribution in [3.05, 3.63) is 41.7 Å². The molecule has 2 aromatic heterocycles. The van der Waals surface area contributed by atoms with Crippen LogP contribution in [0.4, 0.5) is 10.2 Å². The Morgan fingerprint density at radius 1 is 1.35 bits per heavy atom. The second-order valence-corrected chi connectivity index (χ2v) is 5.54. The number of hydrogen-bond donors (Lipinski definition) is 1. The van der Waals surface area contributed by atoms with Gasteiger partial charge in [-0.1, -0.05) is 0 Å². The minimum atomic E-state index is -0.436. The zero-order valence-corrected chi connectivity index (χ0v) is 12.9. The molecule has 0 aromatic carbocycles. The lowest BCUT2D eigenvalue weighted by Gasteiger charge is -2.32. The fraction of sp³-hybridized carbons (Fsp3) is 0.438. The number of hydrogen-bond acceptors (Lipinski definition) is 6. The molecular weight excluding hydrogens is 299 g/mol. The van der Waals surface area contributed by atoms with Crippen LogP contribution in [0.25, 0.3) is 0 Å². The van der Waals surface area contributed by atoms with E-state index in [-0.39, 0.29) is 18.6 Å². The number of aliphatic hydroxyl groups excluding tert-OH is 1. The van der Waals surface area contributed by atoms with Gasteiger partial charge < -0.3 is 14.7 Å². The second kappa shape index (κ2) is 6.87. The Hall–Kier alpha value is -2.28. The number of piperidine rings is 1. The van der Waals surface area contributed by atoms with Gasteiger partial charge in [0.1, 0.15) is 18.5 Å².